The minimum Gasteiger partial charge on any atom is -0.507 e. The highest BCUT2D eigenvalue weighted by molar-refractivity contribution is 6.46. The molecule has 2 aromatic carbocycles. The van der Waals surface area contributed by atoms with Crippen molar-refractivity contribution in [3.05, 3.63) is 64.7 Å². The van der Waals surface area contributed by atoms with E-state index in [2.05, 4.69) is 0 Å². The molecule has 2 aromatic rings. The SMILES string of the molecule is COCCCN1C(=O)C(=O)/C(=C(\O)c2ccc3c(c2)CC(C)O3)C1c1ccc(OC(C)=O)cc1. The zero-order chi connectivity index (χ0) is 24.4. The summed E-state index contributed by atoms with van der Waals surface area (Å²) < 4.78 is 15.9. The van der Waals surface area contributed by atoms with Gasteiger partial charge in [0.1, 0.15) is 23.4 Å². The smallest absolute Gasteiger partial charge is 0.308 e. The molecule has 0 radical (unpaired) electrons. The van der Waals surface area contributed by atoms with Crippen LogP contribution in [-0.2, 0) is 25.5 Å². The van der Waals surface area contributed by atoms with Crippen LogP contribution in [0.25, 0.3) is 5.76 Å². The fraction of sp³-hybridized carbons (Fsp3) is 0.346. The molecule has 2 heterocycles. The quantitative estimate of drug-likeness (QED) is 0.167. The second-order valence-corrected chi connectivity index (χ2v) is 8.46. The Kier molecular flexibility index (Phi) is 6.70. The normalized spacial score (nSPS) is 20.9. The van der Waals surface area contributed by atoms with Gasteiger partial charge in [0.2, 0.25) is 0 Å². The number of ether oxygens (including phenoxy) is 3. The molecule has 34 heavy (non-hydrogen) atoms. The highest BCUT2D eigenvalue weighted by atomic mass is 16.5. The topological polar surface area (TPSA) is 102 Å². The third-order valence-electron chi connectivity index (χ3n) is 5.91. The zero-order valence-corrected chi connectivity index (χ0v) is 19.4. The van der Waals surface area contributed by atoms with Crippen molar-refractivity contribution in [3.8, 4) is 11.5 Å². The van der Waals surface area contributed by atoms with Gasteiger partial charge >= 0.3 is 5.97 Å². The number of ketones is 1. The molecule has 0 saturated carbocycles. The van der Waals surface area contributed by atoms with E-state index in [9.17, 15) is 19.5 Å². The van der Waals surface area contributed by atoms with Gasteiger partial charge in [0.25, 0.3) is 11.7 Å². The summed E-state index contributed by atoms with van der Waals surface area (Å²) in [5.74, 6) is -1.00. The van der Waals surface area contributed by atoms with Gasteiger partial charge in [0.05, 0.1) is 11.6 Å². The lowest BCUT2D eigenvalue weighted by Gasteiger charge is -2.25. The number of Topliss-reactive ketones (excluding diaryl/α,β-unsaturated/α-hetero) is 1. The van der Waals surface area contributed by atoms with Crippen LogP contribution in [0.3, 0.4) is 0 Å². The Morgan fingerprint density at radius 3 is 2.59 bits per heavy atom. The predicted octanol–water partition coefficient (Wildman–Crippen LogP) is 3.39. The highest BCUT2D eigenvalue weighted by Gasteiger charge is 2.45. The maximum absolute atomic E-state index is 13.1. The van der Waals surface area contributed by atoms with E-state index in [1.807, 2.05) is 6.92 Å². The summed E-state index contributed by atoms with van der Waals surface area (Å²) in [6.45, 7) is 3.97. The third-order valence-corrected chi connectivity index (χ3v) is 5.91. The van der Waals surface area contributed by atoms with Gasteiger partial charge in [-0.1, -0.05) is 12.1 Å². The number of carbonyl (C=O) groups excluding carboxylic acids is 3. The summed E-state index contributed by atoms with van der Waals surface area (Å²) in [6.07, 6.45) is 1.26. The van der Waals surface area contributed by atoms with Crippen molar-refractivity contribution in [1.29, 1.82) is 0 Å². The standard InChI is InChI=1S/C26H27NO7/c1-15-13-19-14-18(7-10-21(19)33-15)24(29)22-23(17-5-8-20(9-6-17)34-16(2)28)27(11-4-12-32-3)26(31)25(22)30/h5-10,14-15,23,29H,4,11-13H2,1-3H3/b24-22-. The number of esters is 1. The minimum absolute atomic E-state index is 0.0227. The van der Waals surface area contributed by atoms with Crippen LogP contribution in [0.4, 0.5) is 0 Å². The van der Waals surface area contributed by atoms with Crippen LogP contribution in [0.1, 0.15) is 43.0 Å². The van der Waals surface area contributed by atoms with Crippen molar-refractivity contribution in [3.63, 3.8) is 0 Å². The summed E-state index contributed by atoms with van der Waals surface area (Å²) in [6, 6.07) is 11.0. The first-order valence-electron chi connectivity index (χ1n) is 11.2. The lowest BCUT2D eigenvalue weighted by Crippen LogP contribution is -2.31. The molecule has 8 heteroatoms. The molecular weight excluding hydrogens is 438 g/mol. The van der Waals surface area contributed by atoms with Crippen LogP contribution in [0.2, 0.25) is 0 Å². The molecule has 178 valence electrons. The predicted molar refractivity (Wildman–Crippen MR) is 123 cm³/mol. The monoisotopic (exact) mass is 465 g/mol. The first-order valence-corrected chi connectivity index (χ1v) is 11.2. The molecule has 2 aliphatic heterocycles. The lowest BCUT2D eigenvalue weighted by atomic mass is 9.94. The van der Waals surface area contributed by atoms with E-state index in [0.717, 1.165) is 11.3 Å². The Balaban J connectivity index is 1.77. The average molecular weight is 466 g/mol. The van der Waals surface area contributed by atoms with Gasteiger partial charge in [-0.25, -0.2) is 0 Å². The van der Waals surface area contributed by atoms with Crippen LogP contribution in [0.15, 0.2) is 48.0 Å². The van der Waals surface area contributed by atoms with Crippen LogP contribution in [-0.4, -0.2) is 54.0 Å². The number of likely N-dealkylation sites (tertiary alicyclic amines) is 1. The maximum atomic E-state index is 13.1. The summed E-state index contributed by atoms with van der Waals surface area (Å²) in [5.41, 5.74) is 2.03. The van der Waals surface area contributed by atoms with E-state index in [1.165, 1.54) is 11.8 Å². The molecule has 1 N–H and O–H groups in total. The van der Waals surface area contributed by atoms with Crippen molar-refractivity contribution < 1.29 is 33.7 Å². The van der Waals surface area contributed by atoms with Crippen LogP contribution in [0, 0.1) is 0 Å². The summed E-state index contributed by atoms with van der Waals surface area (Å²) >= 11 is 0. The molecule has 0 bridgehead atoms. The number of amides is 1. The Hall–Kier alpha value is -3.65. The molecule has 0 spiro atoms. The van der Waals surface area contributed by atoms with E-state index < -0.39 is 23.7 Å². The second-order valence-electron chi connectivity index (χ2n) is 8.46. The van der Waals surface area contributed by atoms with Crippen molar-refractivity contribution >= 4 is 23.4 Å². The van der Waals surface area contributed by atoms with Crippen LogP contribution in [0.5, 0.6) is 11.5 Å². The Labute approximate surface area is 197 Å². The van der Waals surface area contributed by atoms with Gasteiger partial charge in [0.15, 0.2) is 0 Å². The molecule has 2 atom stereocenters. The van der Waals surface area contributed by atoms with Gasteiger partial charge < -0.3 is 24.2 Å². The Morgan fingerprint density at radius 2 is 1.91 bits per heavy atom. The van der Waals surface area contributed by atoms with Crippen molar-refractivity contribution in [2.24, 2.45) is 0 Å². The molecule has 2 aliphatic rings. The largest absolute Gasteiger partial charge is 0.507 e. The first kappa shape index (κ1) is 23.5. The molecule has 1 amide bonds. The molecule has 2 unspecified atom stereocenters. The summed E-state index contributed by atoms with van der Waals surface area (Å²) in [7, 11) is 1.57. The van der Waals surface area contributed by atoms with Crippen molar-refractivity contribution in [2.45, 2.75) is 38.8 Å². The van der Waals surface area contributed by atoms with Gasteiger partial charge in [-0.05, 0) is 54.8 Å². The highest BCUT2D eigenvalue weighted by Crippen LogP contribution is 2.41. The number of methoxy groups -OCH3 is 1. The number of aliphatic hydroxyl groups excluding tert-OH is 1. The molecule has 1 saturated heterocycles. The summed E-state index contributed by atoms with van der Waals surface area (Å²) in [4.78, 5) is 38.8. The van der Waals surface area contributed by atoms with Crippen molar-refractivity contribution in [1.82, 2.24) is 4.90 Å². The molecule has 1 fully saturated rings. The minimum atomic E-state index is -0.785. The number of carbonyl (C=O) groups is 3. The number of aliphatic hydroxyl groups is 1. The zero-order valence-electron chi connectivity index (χ0n) is 19.4. The number of rotatable bonds is 7. The number of hydrogen-bond acceptors (Lipinski definition) is 7. The molecule has 4 rings (SSSR count). The first-order chi connectivity index (χ1) is 16.3. The summed E-state index contributed by atoms with van der Waals surface area (Å²) in [5, 5.41) is 11.2. The molecule has 8 nitrogen and oxygen atoms in total. The lowest BCUT2D eigenvalue weighted by molar-refractivity contribution is -0.140. The maximum Gasteiger partial charge on any atom is 0.308 e. The van der Waals surface area contributed by atoms with E-state index >= 15 is 0 Å². The Bertz CT molecular complexity index is 1150. The van der Waals surface area contributed by atoms with E-state index in [-0.39, 0.29) is 24.0 Å². The van der Waals surface area contributed by atoms with Gasteiger partial charge in [-0.15, -0.1) is 0 Å². The fourth-order valence-corrected chi connectivity index (χ4v) is 4.45. The molecular formula is C26H27NO7. The van der Waals surface area contributed by atoms with Crippen molar-refractivity contribution in [2.75, 3.05) is 20.3 Å². The van der Waals surface area contributed by atoms with E-state index in [0.29, 0.717) is 36.3 Å². The average Bonchev–Trinajstić information content (AvgIpc) is 3.30. The third kappa shape index (κ3) is 4.54. The number of nitrogens with zero attached hydrogens (tertiary/aromatic N) is 1. The van der Waals surface area contributed by atoms with Crippen LogP contribution < -0.4 is 9.47 Å². The van der Waals surface area contributed by atoms with Gasteiger partial charge in [0, 0.05) is 39.2 Å². The molecule has 0 aliphatic carbocycles. The molecule has 0 aromatic heterocycles. The number of hydrogen-bond donors (Lipinski definition) is 1. The number of fused-ring (bicyclic) bond motifs is 1. The van der Waals surface area contributed by atoms with E-state index in [4.69, 9.17) is 14.2 Å². The number of benzene rings is 2. The van der Waals surface area contributed by atoms with E-state index in [1.54, 1.807) is 49.6 Å². The van der Waals surface area contributed by atoms with Crippen LogP contribution >= 0.6 is 0 Å². The second kappa shape index (κ2) is 9.69. The fourth-order valence-electron chi connectivity index (χ4n) is 4.45. The van der Waals surface area contributed by atoms with Gasteiger partial charge in [-0.3, -0.25) is 14.4 Å². The van der Waals surface area contributed by atoms with Gasteiger partial charge in [-0.2, -0.15) is 0 Å². The Morgan fingerprint density at radius 1 is 1.18 bits per heavy atom.